The SMILES string of the molecule is CCc1cccc(-c2c(Cl)cccc2[C@](O)(CCCCOC)[C@H]2CN(C(=O)c3ccc(CN)cc3)CCO2)c1. The fraction of sp³-hybridized carbons (Fsp3) is 0.406. The summed E-state index contributed by atoms with van der Waals surface area (Å²) in [5.74, 6) is -0.0874. The second kappa shape index (κ2) is 13.6. The number of aliphatic hydroxyl groups is 1. The van der Waals surface area contributed by atoms with Gasteiger partial charge in [-0.1, -0.05) is 67.1 Å². The summed E-state index contributed by atoms with van der Waals surface area (Å²) in [5, 5.41) is 13.1. The second-order valence-corrected chi connectivity index (χ2v) is 10.5. The van der Waals surface area contributed by atoms with E-state index in [0.717, 1.165) is 36.0 Å². The predicted molar refractivity (Wildman–Crippen MR) is 156 cm³/mol. The van der Waals surface area contributed by atoms with Crippen molar-refractivity contribution < 1.29 is 19.4 Å². The summed E-state index contributed by atoms with van der Waals surface area (Å²) in [5.41, 5.74) is 9.57. The molecule has 1 saturated heterocycles. The van der Waals surface area contributed by atoms with E-state index in [0.29, 0.717) is 48.9 Å². The lowest BCUT2D eigenvalue weighted by Crippen LogP contribution is -2.54. The van der Waals surface area contributed by atoms with Crippen LogP contribution in [0.2, 0.25) is 5.02 Å². The van der Waals surface area contributed by atoms with Crippen molar-refractivity contribution in [1.29, 1.82) is 0 Å². The number of halogens is 1. The van der Waals surface area contributed by atoms with Crippen LogP contribution in [0.3, 0.4) is 0 Å². The van der Waals surface area contributed by atoms with Gasteiger partial charge in [0.2, 0.25) is 0 Å². The molecule has 208 valence electrons. The van der Waals surface area contributed by atoms with Gasteiger partial charge in [-0.05, 0) is 66.1 Å². The fourth-order valence-corrected chi connectivity index (χ4v) is 5.61. The minimum absolute atomic E-state index is 0.0874. The number of ether oxygens (including phenoxy) is 2. The molecule has 39 heavy (non-hydrogen) atoms. The van der Waals surface area contributed by atoms with Crippen molar-refractivity contribution >= 4 is 17.5 Å². The monoisotopic (exact) mass is 550 g/mol. The highest BCUT2D eigenvalue weighted by Crippen LogP contribution is 2.43. The van der Waals surface area contributed by atoms with E-state index in [1.165, 1.54) is 5.56 Å². The maximum atomic E-state index is 13.4. The molecule has 3 N–H and O–H groups in total. The van der Waals surface area contributed by atoms with Gasteiger partial charge in [-0.3, -0.25) is 4.79 Å². The quantitative estimate of drug-likeness (QED) is 0.305. The molecule has 1 fully saturated rings. The van der Waals surface area contributed by atoms with Crippen molar-refractivity contribution in [3.63, 3.8) is 0 Å². The number of carbonyl (C=O) groups excluding carboxylic acids is 1. The zero-order valence-corrected chi connectivity index (χ0v) is 23.6. The van der Waals surface area contributed by atoms with Gasteiger partial charge in [0.15, 0.2) is 0 Å². The molecule has 0 aliphatic carbocycles. The van der Waals surface area contributed by atoms with E-state index in [9.17, 15) is 9.90 Å². The Morgan fingerprint density at radius 2 is 1.90 bits per heavy atom. The van der Waals surface area contributed by atoms with Gasteiger partial charge >= 0.3 is 0 Å². The average Bonchev–Trinajstić information content (AvgIpc) is 2.98. The molecule has 1 heterocycles. The van der Waals surface area contributed by atoms with Crippen LogP contribution in [0.15, 0.2) is 66.7 Å². The summed E-state index contributed by atoms with van der Waals surface area (Å²) in [6, 6.07) is 21.3. The van der Waals surface area contributed by atoms with Gasteiger partial charge in [0, 0.05) is 43.0 Å². The molecule has 3 aromatic carbocycles. The lowest BCUT2D eigenvalue weighted by molar-refractivity contribution is -0.146. The molecule has 0 unspecified atom stereocenters. The second-order valence-electron chi connectivity index (χ2n) is 10.1. The Hall–Kier alpha value is -2.74. The van der Waals surface area contributed by atoms with E-state index in [4.69, 9.17) is 26.8 Å². The van der Waals surface area contributed by atoms with Crippen molar-refractivity contribution in [1.82, 2.24) is 4.90 Å². The lowest BCUT2D eigenvalue weighted by atomic mass is 9.78. The number of morpholine rings is 1. The molecule has 7 heteroatoms. The molecule has 1 amide bonds. The van der Waals surface area contributed by atoms with E-state index >= 15 is 0 Å². The van der Waals surface area contributed by atoms with Crippen molar-refractivity contribution in [2.45, 2.75) is 50.9 Å². The fourth-order valence-electron chi connectivity index (χ4n) is 5.32. The van der Waals surface area contributed by atoms with Gasteiger partial charge < -0.3 is 25.2 Å². The molecule has 4 rings (SSSR count). The first-order chi connectivity index (χ1) is 18.9. The average molecular weight is 551 g/mol. The number of amides is 1. The summed E-state index contributed by atoms with van der Waals surface area (Å²) in [4.78, 5) is 15.2. The Morgan fingerprint density at radius 1 is 1.13 bits per heavy atom. The van der Waals surface area contributed by atoms with Crippen LogP contribution in [0, 0.1) is 0 Å². The van der Waals surface area contributed by atoms with E-state index in [2.05, 4.69) is 19.1 Å². The van der Waals surface area contributed by atoms with Gasteiger partial charge in [0.1, 0.15) is 11.7 Å². The molecule has 3 aromatic rings. The minimum Gasteiger partial charge on any atom is -0.385 e. The number of nitrogens with zero attached hydrogens (tertiary/aromatic N) is 1. The number of unbranched alkanes of at least 4 members (excludes halogenated alkanes) is 1. The first-order valence-corrected chi connectivity index (χ1v) is 14.1. The van der Waals surface area contributed by atoms with E-state index in [1.54, 1.807) is 12.0 Å². The third kappa shape index (κ3) is 6.71. The topological polar surface area (TPSA) is 85.0 Å². The Labute approximate surface area is 236 Å². The van der Waals surface area contributed by atoms with Crippen LogP contribution in [0.1, 0.15) is 53.2 Å². The highest BCUT2D eigenvalue weighted by Gasteiger charge is 2.44. The Morgan fingerprint density at radius 3 is 2.62 bits per heavy atom. The van der Waals surface area contributed by atoms with Gasteiger partial charge in [-0.15, -0.1) is 0 Å². The molecule has 0 saturated carbocycles. The summed E-state index contributed by atoms with van der Waals surface area (Å²) in [6.45, 7) is 4.19. The maximum absolute atomic E-state index is 13.4. The van der Waals surface area contributed by atoms with Gasteiger partial charge in [-0.25, -0.2) is 0 Å². The Kier molecular flexibility index (Phi) is 10.2. The zero-order chi connectivity index (χ0) is 27.8. The molecule has 0 aromatic heterocycles. The first-order valence-electron chi connectivity index (χ1n) is 13.7. The summed E-state index contributed by atoms with van der Waals surface area (Å²) in [7, 11) is 1.68. The Balaban J connectivity index is 1.71. The molecule has 0 radical (unpaired) electrons. The van der Waals surface area contributed by atoms with Crippen LogP contribution in [-0.4, -0.2) is 55.4 Å². The minimum atomic E-state index is -1.38. The normalized spacial score (nSPS) is 17.2. The molecule has 1 aliphatic heterocycles. The summed E-state index contributed by atoms with van der Waals surface area (Å²) in [6.07, 6.45) is 2.22. The summed E-state index contributed by atoms with van der Waals surface area (Å²) >= 11 is 6.83. The third-order valence-corrected chi connectivity index (χ3v) is 7.90. The van der Waals surface area contributed by atoms with E-state index < -0.39 is 11.7 Å². The van der Waals surface area contributed by atoms with Crippen molar-refractivity contribution in [3.05, 3.63) is 94.0 Å². The number of aryl methyl sites for hydroxylation is 1. The van der Waals surface area contributed by atoms with Crippen LogP contribution >= 0.6 is 11.6 Å². The highest BCUT2D eigenvalue weighted by molar-refractivity contribution is 6.33. The highest BCUT2D eigenvalue weighted by atomic mass is 35.5. The van der Waals surface area contributed by atoms with E-state index in [1.807, 2.05) is 54.6 Å². The number of hydrogen-bond donors (Lipinski definition) is 2. The largest absolute Gasteiger partial charge is 0.385 e. The van der Waals surface area contributed by atoms with Gasteiger partial charge in [0.25, 0.3) is 5.91 Å². The predicted octanol–water partition coefficient (Wildman–Crippen LogP) is 5.57. The smallest absolute Gasteiger partial charge is 0.254 e. The number of methoxy groups -OCH3 is 1. The molecule has 1 aliphatic rings. The number of benzene rings is 3. The molecule has 0 bridgehead atoms. The third-order valence-electron chi connectivity index (χ3n) is 7.58. The van der Waals surface area contributed by atoms with Crippen LogP contribution in [-0.2, 0) is 28.0 Å². The Bertz CT molecular complexity index is 1250. The molecular formula is C32H39ClN2O4. The zero-order valence-electron chi connectivity index (χ0n) is 22.9. The first kappa shape index (κ1) is 29.2. The van der Waals surface area contributed by atoms with Crippen LogP contribution in [0.25, 0.3) is 11.1 Å². The van der Waals surface area contributed by atoms with Crippen molar-refractivity contribution in [2.75, 3.05) is 33.4 Å². The standard InChI is InChI=1S/C32H39ClN2O4/c1-3-23-8-6-9-26(20-23)30-27(10-7-11-28(30)33)32(37,16-4-5-18-38-2)29-22-35(17-19-39-29)31(36)25-14-12-24(21-34)13-15-25/h6-15,20,29,37H,3-5,16-19,21-22,34H2,1-2H3/t29-,32-/m1/s1. The van der Waals surface area contributed by atoms with Crippen molar-refractivity contribution in [2.24, 2.45) is 5.73 Å². The molecular weight excluding hydrogens is 512 g/mol. The summed E-state index contributed by atoms with van der Waals surface area (Å²) < 4.78 is 11.5. The molecule has 6 nitrogen and oxygen atoms in total. The van der Waals surface area contributed by atoms with Crippen molar-refractivity contribution in [3.8, 4) is 11.1 Å². The van der Waals surface area contributed by atoms with Gasteiger partial charge in [0.05, 0.1) is 13.2 Å². The number of hydrogen-bond acceptors (Lipinski definition) is 5. The number of rotatable bonds is 11. The van der Waals surface area contributed by atoms with Gasteiger partial charge in [-0.2, -0.15) is 0 Å². The maximum Gasteiger partial charge on any atom is 0.254 e. The molecule has 0 spiro atoms. The number of nitrogens with two attached hydrogens (primary N) is 1. The number of carbonyl (C=O) groups is 1. The lowest BCUT2D eigenvalue weighted by Gasteiger charge is -2.43. The molecule has 2 atom stereocenters. The van der Waals surface area contributed by atoms with E-state index in [-0.39, 0.29) is 12.5 Å². The van der Waals surface area contributed by atoms with Crippen LogP contribution in [0.5, 0.6) is 0 Å². The van der Waals surface area contributed by atoms with Crippen LogP contribution in [0.4, 0.5) is 0 Å². The van der Waals surface area contributed by atoms with Crippen LogP contribution < -0.4 is 5.73 Å².